The van der Waals surface area contributed by atoms with Crippen molar-refractivity contribution in [3.05, 3.63) is 21.9 Å². The van der Waals surface area contributed by atoms with Crippen LogP contribution in [0.25, 0.3) is 0 Å². The number of hydrogen-bond acceptors (Lipinski definition) is 2. The van der Waals surface area contributed by atoms with Crippen LogP contribution in [-0.2, 0) is 0 Å². The lowest BCUT2D eigenvalue weighted by Crippen LogP contribution is -2.31. The van der Waals surface area contributed by atoms with E-state index in [-0.39, 0.29) is 0 Å². The van der Waals surface area contributed by atoms with Crippen LogP contribution in [0.2, 0.25) is 0 Å². The molecule has 1 heterocycles. The quantitative estimate of drug-likeness (QED) is 0.769. The molecule has 1 aromatic rings. The number of hydrogen-bond donors (Lipinski definition) is 1. The summed E-state index contributed by atoms with van der Waals surface area (Å²) in [5.74, 6) is 2.56. The molecule has 0 aromatic carbocycles. The van der Waals surface area contributed by atoms with Gasteiger partial charge in [-0.3, -0.25) is 0 Å². The number of aryl methyl sites for hydroxylation is 1. The molecule has 1 saturated carbocycles. The highest BCUT2D eigenvalue weighted by molar-refractivity contribution is 7.12. The third kappa shape index (κ3) is 3.58. The van der Waals surface area contributed by atoms with Gasteiger partial charge < -0.3 is 5.32 Å². The maximum atomic E-state index is 3.63. The number of thiophene rings is 1. The van der Waals surface area contributed by atoms with Gasteiger partial charge in [0.2, 0.25) is 0 Å². The zero-order chi connectivity index (χ0) is 13.0. The molecule has 0 amide bonds. The second-order valence-corrected chi connectivity index (χ2v) is 7.26. The second-order valence-electron chi connectivity index (χ2n) is 5.94. The molecule has 0 saturated heterocycles. The summed E-state index contributed by atoms with van der Waals surface area (Å²) < 4.78 is 0. The zero-order valence-electron chi connectivity index (χ0n) is 12.0. The molecule has 3 unspecified atom stereocenters. The van der Waals surface area contributed by atoms with E-state index in [0.717, 1.165) is 17.8 Å². The molecule has 0 radical (unpaired) electrons. The Labute approximate surface area is 116 Å². The van der Waals surface area contributed by atoms with Gasteiger partial charge in [0, 0.05) is 9.75 Å². The van der Waals surface area contributed by atoms with Crippen molar-refractivity contribution in [1.29, 1.82) is 0 Å². The molecule has 18 heavy (non-hydrogen) atoms. The molecule has 2 rings (SSSR count). The third-order valence-corrected chi connectivity index (χ3v) is 5.35. The summed E-state index contributed by atoms with van der Waals surface area (Å²) in [6, 6.07) is 4.66. The Balaban J connectivity index is 2.01. The highest BCUT2D eigenvalue weighted by atomic mass is 32.1. The molecule has 1 aliphatic carbocycles. The molecule has 0 spiro atoms. The molecule has 2 heteroatoms. The molecular formula is C16H27NS. The van der Waals surface area contributed by atoms with Gasteiger partial charge in [0.05, 0.1) is 0 Å². The summed E-state index contributed by atoms with van der Waals surface area (Å²) in [5.41, 5.74) is 0. The molecule has 1 aromatic heterocycles. The van der Waals surface area contributed by atoms with Gasteiger partial charge >= 0.3 is 0 Å². The van der Waals surface area contributed by atoms with Crippen LogP contribution in [0, 0.1) is 18.8 Å². The maximum absolute atomic E-state index is 3.63. The molecule has 1 N–H and O–H groups in total. The Morgan fingerprint density at radius 2 is 2.17 bits per heavy atom. The van der Waals surface area contributed by atoms with Crippen molar-refractivity contribution in [1.82, 2.24) is 5.32 Å². The van der Waals surface area contributed by atoms with Crippen LogP contribution in [0.1, 0.15) is 55.2 Å². The van der Waals surface area contributed by atoms with E-state index in [1.165, 1.54) is 43.6 Å². The minimum absolute atomic E-state index is 0.803. The molecule has 1 aliphatic rings. The highest BCUT2D eigenvalue weighted by Gasteiger charge is 2.30. The van der Waals surface area contributed by atoms with Gasteiger partial charge in [0.1, 0.15) is 0 Å². The topological polar surface area (TPSA) is 12.0 Å². The summed E-state index contributed by atoms with van der Waals surface area (Å²) in [4.78, 5) is 3.09. The lowest BCUT2D eigenvalue weighted by atomic mass is 9.74. The van der Waals surface area contributed by atoms with Crippen LogP contribution in [0.4, 0.5) is 0 Å². The Hall–Kier alpha value is -0.340. The van der Waals surface area contributed by atoms with E-state index >= 15 is 0 Å². The first-order valence-electron chi connectivity index (χ1n) is 7.47. The minimum atomic E-state index is 0.803. The van der Waals surface area contributed by atoms with E-state index in [2.05, 4.69) is 38.2 Å². The monoisotopic (exact) mass is 265 g/mol. The van der Waals surface area contributed by atoms with Crippen LogP contribution in [-0.4, -0.2) is 13.1 Å². The fourth-order valence-electron chi connectivity index (χ4n) is 3.15. The summed E-state index contributed by atoms with van der Waals surface area (Å²) in [5, 5.41) is 3.63. The Morgan fingerprint density at radius 3 is 2.83 bits per heavy atom. The average Bonchev–Trinajstić information content (AvgIpc) is 2.78. The SMILES string of the molecule is CCCNCC1CCC(C)CC1c1ccc(C)s1. The summed E-state index contributed by atoms with van der Waals surface area (Å²) >= 11 is 2.01. The van der Waals surface area contributed by atoms with Gasteiger partial charge in [0.15, 0.2) is 0 Å². The van der Waals surface area contributed by atoms with Crippen LogP contribution in [0.3, 0.4) is 0 Å². The standard InChI is InChI=1S/C16H27NS/c1-4-9-17-11-14-7-5-12(2)10-15(14)16-8-6-13(3)18-16/h6,8,12,14-15,17H,4-5,7,9-11H2,1-3H3. The fourth-order valence-corrected chi connectivity index (χ4v) is 4.24. The van der Waals surface area contributed by atoms with Crippen LogP contribution < -0.4 is 5.32 Å². The predicted molar refractivity (Wildman–Crippen MR) is 81.5 cm³/mol. The molecule has 0 aliphatic heterocycles. The molecule has 1 nitrogen and oxygen atoms in total. The van der Waals surface area contributed by atoms with Crippen molar-refractivity contribution in [3.63, 3.8) is 0 Å². The van der Waals surface area contributed by atoms with Crippen LogP contribution in [0.5, 0.6) is 0 Å². The van der Waals surface area contributed by atoms with Gasteiger partial charge in [-0.2, -0.15) is 0 Å². The first kappa shape index (κ1) is 14.1. The average molecular weight is 265 g/mol. The van der Waals surface area contributed by atoms with E-state index in [0.29, 0.717) is 0 Å². The van der Waals surface area contributed by atoms with Gasteiger partial charge in [-0.05, 0) is 69.2 Å². The Kier molecular flexibility index (Phi) is 5.25. The number of rotatable bonds is 5. The van der Waals surface area contributed by atoms with Gasteiger partial charge in [0.25, 0.3) is 0 Å². The van der Waals surface area contributed by atoms with Crippen molar-refractivity contribution in [2.75, 3.05) is 13.1 Å². The Bertz CT molecular complexity index is 358. The molecule has 0 bridgehead atoms. The predicted octanol–water partition coefficient (Wildman–Crippen LogP) is 4.58. The summed E-state index contributed by atoms with van der Waals surface area (Å²) in [6.45, 7) is 9.27. The second kappa shape index (κ2) is 6.72. The van der Waals surface area contributed by atoms with E-state index in [1.54, 1.807) is 4.88 Å². The summed E-state index contributed by atoms with van der Waals surface area (Å²) in [7, 11) is 0. The normalized spacial score (nSPS) is 28.5. The lowest BCUT2D eigenvalue weighted by molar-refractivity contribution is 0.244. The Morgan fingerprint density at radius 1 is 1.33 bits per heavy atom. The van der Waals surface area contributed by atoms with Gasteiger partial charge in [-0.15, -0.1) is 11.3 Å². The van der Waals surface area contributed by atoms with E-state index < -0.39 is 0 Å². The zero-order valence-corrected chi connectivity index (χ0v) is 12.9. The highest BCUT2D eigenvalue weighted by Crippen LogP contribution is 2.42. The van der Waals surface area contributed by atoms with Gasteiger partial charge in [-0.25, -0.2) is 0 Å². The first-order valence-corrected chi connectivity index (χ1v) is 8.29. The maximum Gasteiger partial charge on any atom is 0.00823 e. The lowest BCUT2D eigenvalue weighted by Gasteiger charge is -2.34. The van der Waals surface area contributed by atoms with Crippen molar-refractivity contribution in [2.45, 2.75) is 52.4 Å². The van der Waals surface area contributed by atoms with E-state index in [9.17, 15) is 0 Å². The van der Waals surface area contributed by atoms with E-state index in [4.69, 9.17) is 0 Å². The minimum Gasteiger partial charge on any atom is -0.316 e. The third-order valence-electron chi connectivity index (χ3n) is 4.22. The molecule has 1 fully saturated rings. The largest absolute Gasteiger partial charge is 0.316 e. The smallest absolute Gasteiger partial charge is 0.00823 e. The van der Waals surface area contributed by atoms with Gasteiger partial charge in [-0.1, -0.05) is 20.3 Å². The fraction of sp³-hybridized carbons (Fsp3) is 0.750. The van der Waals surface area contributed by atoms with Crippen molar-refractivity contribution < 1.29 is 0 Å². The van der Waals surface area contributed by atoms with Crippen LogP contribution in [0.15, 0.2) is 12.1 Å². The van der Waals surface area contributed by atoms with E-state index in [1.807, 2.05) is 11.3 Å². The summed E-state index contributed by atoms with van der Waals surface area (Å²) in [6.07, 6.45) is 5.45. The molecule has 102 valence electrons. The van der Waals surface area contributed by atoms with Crippen LogP contribution >= 0.6 is 11.3 Å². The number of nitrogens with one attached hydrogen (secondary N) is 1. The van der Waals surface area contributed by atoms with Crippen molar-refractivity contribution >= 4 is 11.3 Å². The van der Waals surface area contributed by atoms with Crippen molar-refractivity contribution in [3.8, 4) is 0 Å². The molecule has 3 atom stereocenters. The van der Waals surface area contributed by atoms with Crippen molar-refractivity contribution in [2.24, 2.45) is 11.8 Å². The molecular weight excluding hydrogens is 238 g/mol. The first-order chi connectivity index (χ1) is 8.70.